The first-order valence-electron chi connectivity index (χ1n) is 9.30. The van der Waals surface area contributed by atoms with Crippen LogP contribution in [0.5, 0.6) is 5.75 Å². The van der Waals surface area contributed by atoms with Crippen molar-refractivity contribution >= 4 is 17.2 Å². The second kappa shape index (κ2) is 8.32. The molecule has 0 radical (unpaired) electrons. The number of ether oxygens (including phenoxy) is 1. The van der Waals surface area contributed by atoms with Crippen LogP contribution in [0.25, 0.3) is 16.9 Å². The molecule has 0 bridgehead atoms. The number of carbonyl (C=O) groups excluding carboxylic acids is 1. The minimum Gasteiger partial charge on any atom is -0.406 e. The van der Waals surface area contributed by atoms with Gasteiger partial charge in [-0.1, -0.05) is 0 Å². The Bertz CT molecular complexity index is 1350. The molecule has 0 aliphatic carbocycles. The molecule has 0 atom stereocenters. The zero-order valence-electron chi connectivity index (χ0n) is 16.6. The molecule has 6 nitrogen and oxygen atoms in total. The van der Waals surface area contributed by atoms with E-state index in [0.29, 0.717) is 10.6 Å². The molecule has 0 unspecified atom stereocenters. The minimum atomic E-state index is -4.89. The number of amides is 1. The zero-order chi connectivity index (χ0) is 24.7. The highest BCUT2D eigenvalue weighted by Gasteiger charge is 2.36. The number of halogens is 7. The number of alkyl halides is 6. The quantitative estimate of drug-likeness (QED) is 0.377. The van der Waals surface area contributed by atoms with Gasteiger partial charge in [-0.2, -0.15) is 18.3 Å². The van der Waals surface area contributed by atoms with Gasteiger partial charge in [0.05, 0.1) is 5.69 Å². The number of nitrogens with zero attached hydrogens (tertiary/aromatic N) is 3. The van der Waals surface area contributed by atoms with Gasteiger partial charge in [0.2, 0.25) is 0 Å². The zero-order valence-corrected chi connectivity index (χ0v) is 16.6. The van der Waals surface area contributed by atoms with Crippen molar-refractivity contribution in [2.24, 2.45) is 0 Å². The lowest BCUT2D eigenvalue weighted by Gasteiger charge is -2.11. The van der Waals surface area contributed by atoms with Crippen LogP contribution in [-0.4, -0.2) is 26.9 Å². The standard InChI is InChI=1S/C21H11F7N4O2/c22-12-3-1-11(2-4-12)15-9-17(20(23,24)25)32-18(30-15)10-16(31-32)19(33)29-13-5-7-14(8-6-13)34-21(26,27)28/h1-10H,(H,29,33). The molecule has 2 aromatic carbocycles. The molecule has 176 valence electrons. The Labute approximate surface area is 185 Å². The van der Waals surface area contributed by atoms with Gasteiger partial charge in [-0.05, 0) is 54.6 Å². The number of benzene rings is 2. The number of aromatic nitrogens is 3. The average molecular weight is 484 g/mol. The third-order valence-electron chi connectivity index (χ3n) is 4.44. The number of hydrogen-bond acceptors (Lipinski definition) is 4. The summed E-state index contributed by atoms with van der Waals surface area (Å²) in [6.45, 7) is 0. The lowest BCUT2D eigenvalue weighted by Crippen LogP contribution is -2.17. The van der Waals surface area contributed by atoms with Crippen molar-refractivity contribution in [1.29, 1.82) is 0 Å². The molecule has 4 aromatic rings. The van der Waals surface area contributed by atoms with E-state index in [1.165, 1.54) is 12.1 Å². The largest absolute Gasteiger partial charge is 0.573 e. The normalized spacial score (nSPS) is 12.1. The SMILES string of the molecule is O=C(Nc1ccc(OC(F)(F)F)cc1)c1cc2nc(-c3ccc(F)cc3)cc(C(F)(F)F)n2n1. The molecule has 0 saturated carbocycles. The predicted molar refractivity (Wildman–Crippen MR) is 104 cm³/mol. The molecule has 34 heavy (non-hydrogen) atoms. The molecule has 4 rings (SSSR count). The fourth-order valence-corrected chi connectivity index (χ4v) is 2.99. The first-order chi connectivity index (χ1) is 15.9. The number of rotatable bonds is 4. The van der Waals surface area contributed by atoms with Crippen LogP contribution < -0.4 is 10.1 Å². The summed E-state index contributed by atoms with van der Waals surface area (Å²) >= 11 is 0. The lowest BCUT2D eigenvalue weighted by molar-refractivity contribution is -0.274. The van der Waals surface area contributed by atoms with Gasteiger partial charge in [0, 0.05) is 17.3 Å². The van der Waals surface area contributed by atoms with Crippen LogP contribution in [0.2, 0.25) is 0 Å². The Morgan fingerprint density at radius 1 is 0.912 bits per heavy atom. The van der Waals surface area contributed by atoms with Crippen molar-refractivity contribution in [3.05, 3.63) is 77.9 Å². The highest BCUT2D eigenvalue weighted by molar-refractivity contribution is 6.03. The number of carbonyl (C=O) groups is 1. The summed E-state index contributed by atoms with van der Waals surface area (Å²) < 4.78 is 95.0. The predicted octanol–water partition coefficient (Wildman–Crippen LogP) is 5.71. The smallest absolute Gasteiger partial charge is 0.406 e. The molecular weight excluding hydrogens is 473 g/mol. The van der Waals surface area contributed by atoms with E-state index in [-0.39, 0.29) is 22.6 Å². The summed E-state index contributed by atoms with van der Waals surface area (Å²) in [7, 11) is 0. The summed E-state index contributed by atoms with van der Waals surface area (Å²) in [5.74, 6) is -2.03. The highest BCUT2D eigenvalue weighted by atomic mass is 19.4. The van der Waals surface area contributed by atoms with Gasteiger partial charge in [0.15, 0.2) is 17.0 Å². The Hall–Kier alpha value is -4.16. The van der Waals surface area contributed by atoms with E-state index in [1.807, 2.05) is 0 Å². The molecular formula is C21H11F7N4O2. The molecule has 2 aromatic heterocycles. The van der Waals surface area contributed by atoms with Gasteiger partial charge in [0.25, 0.3) is 5.91 Å². The maximum Gasteiger partial charge on any atom is 0.573 e. The third-order valence-corrected chi connectivity index (χ3v) is 4.44. The van der Waals surface area contributed by atoms with Crippen molar-refractivity contribution < 1.29 is 40.3 Å². The van der Waals surface area contributed by atoms with E-state index in [2.05, 4.69) is 20.1 Å². The molecule has 13 heteroatoms. The first-order valence-corrected chi connectivity index (χ1v) is 9.30. The Kier molecular flexibility index (Phi) is 5.63. The monoisotopic (exact) mass is 484 g/mol. The highest BCUT2D eigenvalue weighted by Crippen LogP contribution is 2.32. The second-order valence-corrected chi connectivity index (χ2v) is 6.86. The summed E-state index contributed by atoms with van der Waals surface area (Å²) in [6.07, 6.45) is -9.75. The van der Waals surface area contributed by atoms with Crippen molar-refractivity contribution in [1.82, 2.24) is 14.6 Å². The lowest BCUT2D eigenvalue weighted by atomic mass is 10.1. The molecule has 1 amide bonds. The van der Waals surface area contributed by atoms with E-state index < -0.39 is 41.4 Å². The molecule has 0 spiro atoms. The maximum atomic E-state index is 13.6. The fraction of sp³-hybridized carbons (Fsp3) is 0.0952. The topological polar surface area (TPSA) is 68.5 Å². The molecule has 0 aliphatic rings. The van der Waals surface area contributed by atoms with E-state index in [1.54, 1.807) is 0 Å². The van der Waals surface area contributed by atoms with Crippen LogP contribution in [-0.2, 0) is 6.18 Å². The molecule has 0 fully saturated rings. The van der Waals surface area contributed by atoms with Crippen LogP contribution in [0, 0.1) is 5.82 Å². The molecule has 2 heterocycles. The number of anilines is 1. The summed E-state index contributed by atoms with van der Waals surface area (Å²) in [5.41, 5.74) is -1.80. The van der Waals surface area contributed by atoms with Gasteiger partial charge < -0.3 is 10.1 Å². The van der Waals surface area contributed by atoms with Gasteiger partial charge in [0.1, 0.15) is 11.6 Å². The summed E-state index contributed by atoms with van der Waals surface area (Å²) in [5, 5.41) is 6.00. The van der Waals surface area contributed by atoms with E-state index in [4.69, 9.17) is 0 Å². The number of nitrogens with one attached hydrogen (secondary N) is 1. The third kappa shape index (κ3) is 5.08. The average Bonchev–Trinajstić information content (AvgIpc) is 3.17. The van der Waals surface area contributed by atoms with Crippen molar-refractivity contribution in [2.45, 2.75) is 12.5 Å². The second-order valence-electron chi connectivity index (χ2n) is 6.86. The molecule has 1 N–H and O–H groups in total. The van der Waals surface area contributed by atoms with Crippen molar-refractivity contribution in [3.63, 3.8) is 0 Å². The minimum absolute atomic E-state index is 0.0487. The van der Waals surface area contributed by atoms with E-state index in [9.17, 15) is 35.5 Å². The van der Waals surface area contributed by atoms with Crippen LogP contribution in [0.15, 0.2) is 60.7 Å². The van der Waals surface area contributed by atoms with E-state index in [0.717, 1.165) is 42.5 Å². The van der Waals surface area contributed by atoms with Crippen LogP contribution in [0.1, 0.15) is 16.2 Å². The Morgan fingerprint density at radius 3 is 2.15 bits per heavy atom. The van der Waals surface area contributed by atoms with Crippen LogP contribution in [0.3, 0.4) is 0 Å². The van der Waals surface area contributed by atoms with Crippen molar-refractivity contribution in [3.8, 4) is 17.0 Å². The van der Waals surface area contributed by atoms with Gasteiger partial charge in [-0.15, -0.1) is 13.2 Å². The maximum absolute atomic E-state index is 13.6. The van der Waals surface area contributed by atoms with Gasteiger partial charge in [-0.3, -0.25) is 4.79 Å². The van der Waals surface area contributed by atoms with Gasteiger partial charge in [-0.25, -0.2) is 13.9 Å². The van der Waals surface area contributed by atoms with E-state index >= 15 is 0 Å². The summed E-state index contributed by atoms with van der Waals surface area (Å²) in [4.78, 5) is 16.6. The molecule has 0 saturated heterocycles. The summed E-state index contributed by atoms with van der Waals surface area (Å²) in [6, 6.07) is 10.5. The molecule has 0 aliphatic heterocycles. The van der Waals surface area contributed by atoms with Crippen LogP contribution in [0.4, 0.5) is 36.4 Å². The first kappa shape index (κ1) is 23.0. The van der Waals surface area contributed by atoms with Crippen molar-refractivity contribution in [2.75, 3.05) is 5.32 Å². The fourth-order valence-electron chi connectivity index (χ4n) is 2.99. The van der Waals surface area contributed by atoms with Crippen LogP contribution >= 0.6 is 0 Å². The Balaban J connectivity index is 1.65. The number of fused-ring (bicyclic) bond motifs is 1. The number of hydrogen-bond donors (Lipinski definition) is 1. The Morgan fingerprint density at radius 2 is 1.56 bits per heavy atom. The van der Waals surface area contributed by atoms with Gasteiger partial charge >= 0.3 is 12.5 Å².